The molecule has 0 bridgehead atoms. The predicted molar refractivity (Wildman–Crippen MR) is 64.7 cm³/mol. The van der Waals surface area contributed by atoms with Crippen LogP contribution in [0.5, 0.6) is 0 Å². The lowest BCUT2D eigenvalue weighted by atomic mass is 10.2. The minimum Gasteiger partial charge on any atom is -0.261 e. The van der Waals surface area contributed by atoms with Crippen LogP contribution in [0.3, 0.4) is 0 Å². The van der Waals surface area contributed by atoms with Crippen LogP contribution in [0.4, 0.5) is 0 Å². The molecule has 1 aromatic rings. The number of rotatable bonds is 1. The Balaban J connectivity index is 0.000000146. The summed E-state index contributed by atoms with van der Waals surface area (Å²) >= 11 is 2.08. The zero-order valence-electron chi connectivity index (χ0n) is 9.07. The minimum atomic E-state index is 1.01. The Morgan fingerprint density at radius 2 is 2.36 bits per heavy atom. The van der Waals surface area contributed by atoms with Gasteiger partial charge in [-0.05, 0) is 42.4 Å². The van der Waals surface area contributed by atoms with Crippen molar-refractivity contribution in [2.45, 2.75) is 26.7 Å². The van der Waals surface area contributed by atoms with Crippen molar-refractivity contribution >= 4 is 11.8 Å². The number of aryl methyl sites for hydroxylation is 1. The van der Waals surface area contributed by atoms with E-state index in [1.165, 1.54) is 17.9 Å². The monoisotopic (exact) mass is 209 g/mol. The third kappa shape index (κ3) is 4.66. The highest BCUT2D eigenvalue weighted by molar-refractivity contribution is 7.99. The minimum absolute atomic E-state index is 1.01. The van der Waals surface area contributed by atoms with E-state index in [4.69, 9.17) is 0 Å². The van der Waals surface area contributed by atoms with Gasteiger partial charge in [-0.2, -0.15) is 11.8 Å². The molecule has 1 unspecified atom stereocenters. The smallest absolute Gasteiger partial charge is 0.0400 e. The predicted octanol–water partition coefficient (Wildman–Crippen LogP) is 3.40. The highest BCUT2D eigenvalue weighted by Crippen LogP contribution is 2.21. The summed E-state index contributed by atoms with van der Waals surface area (Å²) in [5.74, 6) is 3.82. The molecule has 0 N–H and O–H groups in total. The van der Waals surface area contributed by atoms with Gasteiger partial charge in [0, 0.05) is 11.9 Å². The summed E-state index contributed by atoms with van der Waals surface area (Å²) in [5.41, 5.74) is 1.16. The molecule has 0 aromatic carbocycles. The van der Waals surface area contributed by atoms with Gasteiger partial charge in [-0.25, -0.2) is 0 Å². The number of nitrogens with zero attached hydrogens (tertiary/aromatic N) is 1. The normalized spacial score (nSPS) is 20.0. The first kappa shape index (κ1) is 11.6. The molecule has 0 spiro atoms. The molecular weight excluding hydrogens is 190 g/mol. The molecule has 0 radical (unpaired) electrons. The molecule has 1 aliphatic rings. The highest BCUT2D eigenvalue weighted by atomic mass is 32.2. The molecule has 1 saturated heterocycles. The SMILES string of the molecule is CC1CCSC1.CCc1ccccn1. The van der Waals surface area contributed by atoms with E-state index in [-0.39, 0.29) is 0 Å². The van der Waals surface area contributed by atoms with E-state index < -0.39 is 0 Å². The zero-order chi connectivity index (χ0) is 10.2. The molecule has 0 aliphatic carbocycles. The van der Waals surface area contributed by atoms with E-state index in [2.05, 4.69) is 30.6 Å². The number of thioether (sulfide) groups is 1. The van der Waals surface area contributed by atoms with Crippen molar-refractivity contribution in [1.29, 1.82) is 0 Å². The van der Waals surface area contributed by atoms with Crippen molar-refractivity contribution in [3.05, 3.63) is 30.1 Å². The molecule has 0 saturated carbocycles. The van der Waals surface area contributed by atoms with Crippen molar-refractivity contribution in [1.82, 2.24) is 4.98 Å². The fourth-order valence-electron chi connectivity index (χ4n) is 1.26. The Bertz CT molecular complexity index is 229. The second kappa shape index (κ2) is 6.88. The quantitative estimate of drug-likeness (QED) is 0.703. The molecular formula is C12H19NS. The Kier molecular flexibility index (Phi) is 5.69. The molecule has 1 nitrogen and oxygen atoms in total. The average molecular weight is 209 g/mol. The molecule has 78 valence electrons. The van der Waals surface area contributed by atoms with E-state index >= 15 is 0 Å². The molecule has 14 heavy (non-hydrogen) atoms. The van der Waals surface area contributed by atoms with Crippen LogP contribution in [0.1, 0.15) is 26.0 Å². The summed E-state index contributed by atoms with van der Waals surface area (Å²) in [6.45, 7) is 4.42. The van der Waals surface area contributed by atoms with Gasteiger partial charge in [-0.3, -0.25) is 4.98 Å². The molecule has 1 aliphatic heterocycles. The average Bonchev–Trinajstić information content (AvgIpc) is 2.71. The number of hydrogen-bond donors (Lipinski definition) is 0. The van der Waals surface area contributed by atoms with Crippen LogP contribution >= 0.6 is 11.8 Å². The molecule has 2 heterocycles. The second-order valence-electron chi connectivity index (χ2n) is 3.64. The number of hydrogen-bond acceptors (Lipinski definition) is 2. The summed E-state index contributed by atoms with van der Waals surface area (Å²) in [6.07, 6.45) is 4.30. The fraction of sp³-hybridized carbons (Fsp3) is 0.583. The fourth-order valence-corrected chi connectivity index (χ4v) is 2.56. The zero-order valence-corrected chi connectivity index (χ0v) is 9.89. The maximum atomic E-state index is 4.10. The topological polar surface area (TPSA) is 12.9 Å². The molecule has 0 amide bonds. The third-order valence-corrected chi connectivity index (χ3v) is 3.57. The van der Waals surface area contributed by atoms with Gasteiger partial charge in [-0.15, -0.1) is 0 Å². The molecule has 1 aromatic heterocycles. The summed E-state index contributed by atoms with van der Waals surface area (Å²) in [5, 5.41) is 0. The van der Waals surface area contributed by atoms with Crippen molar-refractivity contribution in [2.75, 3.05) is 11.5 Å². The standard InChI is InChI=1S/C7H9N.C5H10S/c1-2-7-5-3-4-6-8-7;1-5-2-3-6-4-5/h3-6H,2H2,1H3;5H,2-4H2,1H3. The van der Waals surface area contributed by atoms with E-state index in [9.17, 15) is 0 Å². The van der Waals surface area contributed by atoms with Gasteiger partial charge < -0.3 is 0 Å². The van der Waals surface area contributed by atoms with Crippen molar-refractivity contribution in [3.63, 3.8) is 0 Å². The van der Waals surface area contributed by atoms with Crippen LogP contribution in [0.2, 0.25) is 0 Å². The third-order valence-electron chi connectivity index (χ3n) is 2.25. The lowest BCUT2D eigenvalue weighted by Gasteiger charge is -1.90. The van der Waals surface area contributed by atoms with Crippen LogP contribution in [0, 0.1) is 5.92 Å². The van der Waals surface area contributed by atoms with Crippen LogP contribution in [-0.4, -0.2) is 16.5 Å². The van der Waals surface area contributed by atoms with Crippen LogP contribution in [-0.2, 0) is 6.42 Å². The Morgan fingerprint density at radius 3 is 2.64 bits per heavy atom. The maximum absolute atomic E-state index is 4.10. The van der Waals surface area contributed by atoms with Gasteiger partial charge in [0.15, 0.2) is 0 Å². The molecule has 2 rings (SSSR count). The Hall–Kier alpha value is -0.500. The second-order valence-corrected chi connectivity index (χ2v) is 4.79. The van der Waals surface area contributed by atoms with E-state index in [1.54, 1.807) is 0 Å². The highest BCUT2D eigenvalue weighted by Gasteiger charge is 2.07. The van der Waals surface area contributed by atoms with Gasteiger partial charge in [0.25, 0.3) is 0 Å². The van der Waals surface area contributed by atoms with Crippen molar-refractivity contribution in [2.24, 2.45) is 5.92 Å². The molecule has 2 heteroatoms. The first-order valence-corrected chi connectivity index (χ1v) is 6.46. The summed E-state index contributed by atoms with van der Waals surface area (Å²) in [7, 11) is 0. The van der Waals surface area contributed by atoms with E-state index in [0.717, 1.165) is 18.0 Å². The van der Waals surface area contributed by atoms with Crippen molar-refractivity contribution in [3.8, 4) is 0 Å². The Labute approximate surface area is 91.3 Å². The van der Waals surface area contributed by atoms with Gasteiger partial charge in [0.2, 0.25) is 0 Å². The van der Waals surface area contributed by atoms with Gasteiger partial charge in [0.1, 0.15) is 0 Å². The maximum Gasteiger partial charge on any atom is 0.0400 e. The van der Waals surface area contributed by atoms with Crippen LogP contribution in [0.25, 0.3) is 0 Å². The van der Waals surface area contributed by atoms with E-state index in [1.807, 2.05) is 24.4 Å². The van der Waals surface area contributed by atoms with Crippen LogP contribution < -0.4 is 0 Å². The molecule has 1 fully saturated rings. The first-order valence-electron chi connectivity index (χ1n) is 5.30. The first-order chi connectivity index (χ1) is 6.83. The summed E-state index contributed by atoms with van der Waals surface area (Å²) in [6, 6.07) is 5.96. The lowest BCUT2D eigenvalue weighted by Crippen LogP contribution is -1.85. The number of pyridine rings is 1. The van der Waals surface area contributed by atoms with Crippen molar-refractivity contribution < 1.29 is 0 Å². The molecule has 1 atom stereocenters. The van der Waals surface area contributed by atoms with Crippen LogP contribution in [0.15, 0.2) is 24.4 Å². The van der Waals surface area contributed by atoms with Gasteiger partial charge in [-0.1, -0.05) is 19.9 Å². The largest absolute Gasteiger partial charge is 0.261 e. The summed E-state index contributed by atoms with van der Waals surface area (Å²) in [4.78, 5) is 4.10. The van der Waals surface area contributed by atoms with Gasteiger partial charge in [0.05, 0.1) is 0 Å². The lowest BCUT2D eigenvalue weighted by molar-refractivity contribution is 0.669. The Morgan fingerprint density at radius 1 is 1.50 bits per heavy atom. The van der Waals surface area contributed by atoms with E-state index in [0.29, 0.717) is 0 Å². The summed E-state index contributed by atoms with van der Waals surface area (Å²) < 4.78 is 0. The van der Waals surface area contributed by atoms with Gasteiger partial charge >= 0.3 is 0 Å². The number of aromatic nitrogens is 1.